The molecule has 0 aromatic heterocycles. The Morgan fingerprint density at radius 1 is 1.39 bits per heavy atom. The number of ether oxygens (including phenoxy) is 1. The molecule has 0 unspecified atom stereocenters. The van der Waals surface area contributed by atoms with Crippen molar-refractivity contribution in [2.75, 3.05) is 13.7 Å². The molecule has 5 nitrogen and oxygen atoms in total. The van der Waals surface area contributed by atoms with Crippen LogP contribution in [-0.4, -0.2) is 30.7 Å². The van der Waals surface area contributed by atoms with E-state index in [0.29, 0.717) is 0 Å². The number of hydrogen-bond acceptors (Lipinski definition) is 3. The minimum Gasteiger partial charge on any atom is -0.481 e. The van der Waals surface area contributed by atoms with Crippen LogP contribution in [0.3, 0.4) is 0 Å². The van der Waals surface area contributed by atoms with E-state index >= 15 is 0 Å². The summed E-state index contributed by atoms with van der Waals surface area (Å²) in [6.07, 6.45) is -4.24. The van der Waals surface area contributed by atoms with E-state index in [1.54, 1.807) is 0 Å². The van der Waals surface area contributed by atoms with Gasteiger partial charge in [-0.3, -0.25) is 9.59 Å². The highest BCUT2D eigenvalue weighted by Crippen LogP contribution is 2.39. The van der Waals surface area contributed by atoms with Gasteiger partial charge in [0.15, 0.2) is 0 Å². The van der Waals surface area contributed by atoms with Crippen LogP contribution in [0.25, 0.3) is 0 Å². The zero-order valence-corrected chi connectivity index (χ0v) is 12.3. The van der Waals surface area contributed by atoms with E-state index in [4.69, 9.17) is 9.84 Å². The molecule has 1 aromatic rings. The Morgan fingerprint density at radius 3 is 2.61 bits per heavy atom. The van der Waals surface area contributed by atoms with Gasteiger partial charge in [0, 0.05) is 7.11 Å². The number of carbonyl (C=O) groups is 2. The molecule has 0 bridgehead atoms. The van der Waals surface area contributed by atoms with Gasteiger partial charge >= 0.3 is 12.1 Å². The van der Waals surface area contributed by atoms with Crippen molar-refractivity contribution in [1.29, 1.82) is 0 Å². The predicted molar refractivity (Wildman–Crippen MR) is 73.4 cm³/mol. The Kier molecular flexibility index (Phi) is 4.93. The molecule has 0 aliphatic heterocycles. The SMILES string of the molecule is COC[C@H](NC(=O)[C@H]1C[C@@H]1C(=O)O)c1cccc(C(F)(F)F)c1. The number of alkyl halides is 3. The molecule has 23 heavy (non-hydrogen) atoms. The molecule has 1 saturated carbocycles. The molecule has 1 aromatic carbocycles. The maximum Gasteiger partial charge on any atom is 0.416 e. The Morgan fingerprint density at radius 2 is 2.09 bits per heavy atom. The molecule has 0 heterocycles. The molecule has 1 aliphatic carbocycles. The Labute approximate surface area is 130 Å². The largest absolute Gasteiger partial charge is 0.481 e. The lowest BCUT2D eigenvalue weighted by Gasteiger charge is -2.19. The average Bonchev–Trinajstić information content (AvgIpc) is 3.26. The fourth-order valence-electron chi connectivity index (χ4n) is 2.36. The van der Waals surface area contributed by atoms with Crippen molar-refractivity contribution in [3.63, 3.8) is 0 Å². The number of nitrogens with one attached hydrogen (secondary N) is 1. The lowest BCUT2D eigenvalue weighted by Crippen LogP contribution is -2.33. The summed E-state index contributed by atoms with van der Waals surface area (Å²) in [5.74, 6) is -2.90. The van der Waals surface area contributed by atoms with Crippen LogP contribution in [0.15, 0.2) is 24.3 Å². The highest BCUT2D eigenvalue weighted by molar-refractivity contribution is 5.89. The number of hydrogen-bond donors (Lipinski definition) is 2. The molecular formula is C15H16F3NO4. The Hall–Kier alpha value is -2.09. The van der Waals surface area contributed by atoms with Gasteiger partial charge in [0.25, 0.3) is 0 Å². The number of methoxy groups -OCH3 is 1. The smallest absolute Gasteiger partial charge is 0.416 e. The first-order valence-corrected chi connectivity index (χ1v) is 6.93. The fourth-order valence-corrected chi connectivity index (χ4v) is 2.36. The number of carboxylic acids is 1. The summed E-state index contributed by atoms with van der Waals surface area (Å²) >= 11 is 0. The van der Waals surface area contributed by atoms with E-state index < -0.39 is 41.5 Å². The zero-order chi connectivity index (χ0) is 17.2. The van der Waals surface area contributed by atoms with Gasteiger partial charge in [-0.05, 0) is 24.1 Å². The minimum atomic E-state index is -4.48. The maximum atomic E-state index is 12.8. The normalized spacial score (nSPS) is 21.6. The van der Waals surface area contributed by atoms with Gasteiger partial charge in [-0.1, -0.05) is 12.1 Å². The summed E-state index contributed by atoms with van der Waals surface area (Å²) in [7, 11) is 1.37. The molecule has 2 rings (SSSR count). The van der Waals surface area contributed by atoms with E-state index in [9.17, 15) is 22.8 Å². The van der Waals surface area contributed by atoms with Crippen LogP contribution < -0.4 is 5.32 Å². The number of carboxylic acid groups (broad SMARTS) is 1. The number of aliphatic carboxylic acids is 1. The molecule has 126 valence electrons. The third kappa shape index (κ3) is 4.22. The highest BCUT2D eigenvalue weighted by Gasteiger charge is 2.48. The molecule has 3 atom stereocenters. The molecule has 0 spiro atoms. The minimum absolute atomic E-state index is 0.0164. The molecular weight excluding hydrogens is 315 g/mol. The Balaban J connectivity index is 2.13. The molecule has 1 fully saturated rings. The number of rotatable bonds is 6. The molecule has 1 amide bonds. The first kappa shape index (κ1) is 17.3. The monoisotopic (exact) mass is 331 g/mol. The van der Waals surface area contributed by atoms with E-state index in [2.05, 4.69) is 5.32 Å². The lowest BCUT2D eigenvalue weighted by molar-refractivity contribution is -0.140. The van der Waals surface area contributed by atoms with Gasteiger partial charge < -0.3 is 15.2 Å². The molecule has 1 aliphatic rings. The molecule has 0 saturated heterocycles. The van der Waals surface area contributed by atoms with E-state index in [1.807, 2.05) is 0 Å². The van der Waals surface area contributed by atoms with Crippen molar-refractivity contribution < 1.29 is 32.6 Å². The van der Waals surface area contributed by atoms with Gasteiger partial charge in [0.1, 0.15) is 0 Å². The first-order valence-electron chi connectivity index (χ1n) is 6.93. The van der Waals surface area contributed by atoms with Crippen LogP contribution in [-0.2, 0) is 20.5 Å². The van der Waals surface area contributed by atoms with Gasteiger partial charge in [0.05, 0.1) is 30.0 Å². The van der Waals surface area contributed by atoms with Gasteiger partial charge in [-0.2, -0.15) is 13.2 Å². The van der Waals surface area contributed by atoms with Gasteiger partial charge in [-0.15, -0.1) is 0 Å². The van der Waals surface area contributed by atoms with Crippen LogP contribution >= 0.6 is 0 Å². The summed E-state index contributed by atoms with van der Waals surface area (Å²) in [6, 6.07) is 3.83. The molecule has 0 radical (unpaired) electrons. The fraction of sp³-hybridized carbons (Fsp3) is 0.467. The average molecular weight is 331 g/mol. The summed E-state index contributed by atoms with van der Waals surface area (Å²) in [5, 5.41) is 11.4. The van der Waals surface area contributed by atoms with Gasteiger partial charge in [-0.25, -0.2) is 0 Å². The van der Waals surface area contributed by atoms with Crippen LogP contribution in [0.2, 0.25) is 0 Å². The molecule has 8 heteroatoms. The van der Waals surface area contributed by atoms with Gasteiger partial charge in [0.2, 0.25) is 5.91 Å². The summed E-state index contributed by atoms with van der Waals surface area (Å²) in [6.45, 7) is -0.0164. The lowest BCUT2D eigenvalue weighted by atomic mass is 10.0. The second kappa shape index (κ2) is 6.57. The third-order valence-corrected chi connectivity index (χ3v) is 3.71. The highest BCUT2D eigenvalue weighted by atomic mass is 19.4. The summed E-state index contributed by atoms with van der Waals surface area (Å²) in [4.78, 5) is 22.8. The van der Waals surface area contributed by atoms with Crippen molar-refractivity contribution >= 4 is 11.9 Å². The van der Waals surface area contributed by atoms with Crippen LogP contribution in [0.4, 0.5) is 13.2 Å². The number of carbonyl (C=O) groups excluding carboxylic acids is 1. The second-order valence-electron chi connectivity index (χ2n) is 5.43. The number of halogens is 3. The Bertz CT molecular complexity index is 603. The van der Waals surface area contributed by atoms with E-state index in [1.165, 1.54) is 19.2 Å². The standard InChI is InChI=1S/C15H16F3NO4/c1-23-7-12(19-13(20)10-6-11(10)14(21)22)8-3-2-4-9(5-8)15(16,17)18/h2-5,10-12H,6-7H2,1H3,(H,19,20)(H,21,22)/t10-,11-,12-/m0/s1. The van der Waals surface area contributed by atoms with E-state index in [-0.39, 0.29) is 18.6 Å². The number of amides is 1. The quantitative estimate of drug-likeness (QED) is 0.838. The predicted octanol–water partition coefficient (Wildman–Crippen LogP) is 2.23. The molecule has 2 N–H and O–H groups in total. The summed E-state index contributed by atoms with van der Waals surface area (Å²) < 4.78 is 43.3. The topological polar surface area (TPSA) is 75.6 Å². The van der Waals surface area contributed by atoms with Crippen LogP contribution in [0.1, 0.15) is 23.6 Å². The van der Waals surface area contributed by atoms with Crippen LogP contribution in [0, 0.1) is 11.8 Å². The zero-order valence-electron chi connectivity index (χ0n) is 12.3. The van der Waals surface area contributed by atoms with Crippen molar-refractivity contribution in [3.05, 3.63) is 35.4 Å². The summed E-state index contributed by atoms with van der Waals surface area (Å²) in [5.41, 5.74) is -0.567. The van der Waals surface area contributed by atoms with E-state index in [0.717, 1.165) is 12.1 Å². The van der Waals surface area contributed by atoms with Crippen molar-refractivity contribution in [1.82, 2.24) is 5.32 Å². The van der Waals surface area contributed by atoms with Crippen LogP contribution in [0.5, 0.6) is 0 Å². The maximum absolute atomic E-state index is 12.8. The van der Waals surface area contributed by atoms with Crippen molar-refractivity contribution in [2.45, 2.75) is 18.6 Å². The number of benzene rings is 1. The third-order valence-electron chi connectivity index (χ3n) is 3.71. The van der Waals surface area contributed by atoms with Crippen molar-refractivity contribution in [3.8, 4) is 0 Å². The second-order valence-corrected chi connectivity index (χ2v) is 5.43. The van der Waals surface area contributed by atoms with Crippen molar-refractivity contribution in [2.24, 2.45) is 11.8 Å². The first-order chi connectivity index (χ1) is 10.7.